The Kier molecular flexibility index (Phi) is 33.9. The van der Waals surface area contributed by atoms with Gasteiger partial charge in [-0.1, -0.05) is 76.1 Å². The Morgan fingerprint density at radius 3 is 0.929 bits per heavy atom. The molecule has 0 bridgehead atoms. The normalized spacial score (nSPS) is 14.2. The van der Waals surface area contributed by atoms with Crippen LogP contribution >= 0.6 is 46.4 Å². The second-order valence-electron chi connectivity index (χ2n) is 31.6. The zero-order valence-corrected chi connectivity index (χ0v) is 76.7. The molecule has 4 aliphatic rings. The Balaban J connectivity index is 0.000000156. The zero-order valence-electron chi connectivity index (χ0n) is 73.7. The molecule has 20 rings (SSSR count). The smallest absolute Gasteiger partial charge is 0.244 e. The number of alkyl halides is 1. The maximum absolute atomic E-state index is 14.6. The zero-order chi connectivity index (χ0) is 94.8. The number of aromatic amines is 4. The SMILES string of the molecule is C.C.C.C.CCOc1cc(N2CCN(C(=O)Cn3nc(-c4ncc[nH]4)c4cccnc43)CC2)c(F)cc1Cl.COc1cc(N2CCN(C(=O)Cn3nc(-c4ncc[nH]4)c4cccnc43)CC2)c(F)cc1Cl.COc1cc(N2CCN(C(=O)Cn3nc(-c4ncc[nH]4)c4cccnc43)[C@@H](C)C2)c(F)cc1Cl.O=C(Cn1nc(-c2ncc[nH]2)c2cccnc21)N1CCN(c2cc(OCCF)c(Cl)cc2F)CC1. The molecule has 36 nitrogen and oxygen atoms in total. The Morgan fingerprint density at radius 2 is 0.650 bits per heavy atom. The second-order valence-corrected chi connectivity index (χ2v) is 33.2. The van der Waals surface area contributed by atoms with E-state index in [0.29, 0.717) is 213 Å². The van der Waals surface area contributed by atoms with E-state index in [1.54, 1.807) is 131 Å². The van der Waals surface area contributed by atoms with Crippen molar-refractivity contribution in [2.45, 2.75) is 75.8 Å². The Hall–Kier alpha value is -14.7. The number of anilines is 4. The maximum atomic E-state index is 14.6. The van der Waals surface area contributed by atoms with Crippen molar-refractivity contribution < 1.29 is 60.1 Å². The molecule has 0 saturated carbocycles. The van der Waals surface area contributed by atoms with E-state index in [9.17, 15) is 41.1 Å². The van der Waals surface area contributed by atoms with Crippen molar-refractivity contribution in [1.29, 1.82) is 0 Å². The van der Waals surface area contributed by atoms with Gasteiger partial charge < -0.3 is 78.1 Å². The molecule has 140 heavy (non-hydrogen) atoms. The summed E-state index contributed by atoms with van der Waals surface area (Å²) in [4.78, 5) is 114. The molecule has 0 radical (unpaired) electrons. The minimum absolute atomic E-state index is 0. The van der Waals surface area contributed by atoms with Gasteiger partial charge in [0.1, 0.15) is 109 Å². The van der Waals surface area contributed by atoms with Crippen LogP contribution in [0.1, 0.15) is 43.6 Å². The van der Waals surface area contributed by atoms with Crippen LogP contribution in [0, 0.1) is 23.3 Å². The summed E-state index contributed by atoms with van der Waals surface area (Å²) in [5.74, 6) is 1.86. The number of halogens is 9. The van der Waals surface area contributed by atoms with Crippen LogP contribution in [-0.2, 0) is 45.4 Å². The fourth-order valence-corrected chi connectivity index (χ4v) is 17.5. The number of fused-ring (bicyclic) bond motifs is 4. The number of piperazine rings is 4. The first-order chi connectivity index (χ1) is 66.1. The number of carbonyl (C=O) groups excluding carboxylic acids is 4. The topological polar surface area (TPSA) is 369 Å². The Morgan fingerprint density at radius 1 is 0.371 bits per heavy atom. The number of aromatic nitrogens is 20. The minimum Gasteiger partial charge on any atom is -0.495 e. The highest BCUT2D eigenvalue weighted by atomic mass is 35.5. The van der Waals surface area contributed by atoms with E-state index in [1.165, 1.54) is 38.5 Å². The fourth-order valence-electron chi connectivity index (χ4n) is 16.7. The van der Waals surface area contributed by atoms with Crippen LogP contribution in [0.4, 0.5) is 44.7 Å². The molecule has 12 aromatic heterocycles. The first-order valence-corrected chi connectivity index (χ1v) is 44.9. The third-order valence-corrected chi connectivity index (χ3v) is 24.5. The van der Waals surface area contributed by atoms with Crippen LogP contribution in [0.15, 0.2) is 171 Å². The van der Waals surface area contributed by atoms with Gasteiger partial charge >= 0.3 is 0 Å². The first-order valence-electron chi connectivity index (χ1n) is 43.3. The summed E-state index contributed by atoms with van der Waals surface area (Å²) in [6.07, 6.45) is 20.2. The lowest BCUT2D eigenvalue weighted by atomic mass is 10.1. The number of ether oxygens (including phenoxy) is 4. The van der Waals surface area contributed by atoms with Crippen LogP contribution in [0.5, 0.6) is 23.0 Å². The second kappa shape index (κ2) is 46.2. The number of pyridine rings is 4. The van der Waals surface area contributed by atoms with Crippen molar-refractivity contribution in [3.8, 4) is 69.1 Å². The molecular formula is C95H105Cl4F5N28O8. The van der Waals surface area contributed by atoms with Crippen LogP contribution in [0.3, 0.4) is 0 Å². The van der Waals surface area contributed by atoms with Gasteiger partial charge in [-0.3, -0.25) is 19.2 Å². The van der Waals surface area contributed by atoms with E-state index in [4.69, 9.17) is 65.4 Å². The predicted octanol–water partition coefficient (Wildman–Crippen LogP) is 15.5. The third kappa shape index (κ3) is 22.3. The number of carbonyl (C=O) groups is 4. The number of H-pyrrole nitrogens is 4. The molecule has 16 aromatic rings. The Bertz CT molecular complexity index is 6930. The van der Waals surface area contributed by atoms with Gasteiger partial charge in [-0.2, -0.15) is 20.4 Å². The van der Waals surface area contributed by atoms with E-state index >= 15 is 0 Å². The standard InChI is InChI=1S/C23H22ClF2N7O2.2C23H23ClFN7O2.C22H21ClFN7O2.4CH4/c24-16-12-17(26)18(13-19(16)35-11-3-25)31-7-9-32(10-8-31)20(34)14-33-23-15(2-1-4-29-23)21(30-33)22-27-5-6-28-22;1-14-12-30(18-11-19(34-2)16(24)10-17(18)25)8-9-31(14)20(33)13-32-23-15(4-3-5-28-23)21(29-32)22-26-6-7-27-22;1-2-34-19-13-18(17(25)12-16(19)24)30-8-10-31(11-9-30)20(33)14-32-23-15(4-3-5-28-23)21(29-32)22-26-6-7-27-22;1-33-18-12-17(16(24)11-15(18)23)29-7-9-30(10-8-29)19(32)13-31-22-14(3-2-4-27-22)20(28-31)21-25-5-6-26-21;;;;/h1-2,4-6,12-13H,3,7-11,14H2,(H,27,28);3-7,10-11,14H,8-9,12-13H2,1-2H3,(H,26,27);3-7,12-13H,2,8-11,14H2,1H3,(H,26,27);2-6,11-12H,7-10,13H2,1H3,(H,25,26);4*1H4/t;14-;;;;;;/m.0....../s1. The van der Waals surface area contributed by atoms with E-state index < -0.39 is 29.9 Å². The van der Waals surface area contributed by atoms with Crippen molar-refractivity contribution in [3.05, 3.63) is 215 Å². The number of imidazole rings is 4. The molecule has 4 aliphatic heterocycles. The van der Waals surface area contributed by atoms with Crippen LogP contribution < -0.4 is 38.5 Å². The number of nitrogens with zero attached hydrogens (tertiary/aromatic N) is 24. The highest BCUT2D eigenvalue weighted by Gasteiger charge is 2.34. The number of rotatable bonds is 23. The van der Waals surface area contributed by atoms with Crippen molar-refractivity contribution in [3.63, 3.8) is 0 Å². The van der Waals surface area contributed by atoms with Crippen molar-refractivity contribution in [2.24, 2.45) is 0 Å². The van der Waals surface area contributed by atoms with Crippen molar-refractivity contribution >= 4 is 137 Å². The van der Waals surface area contributed by atoms with Gasteiger partial charge in [0, 0.05) is 203 Å². The maximum Gasteiger partial charge on any atom is 0.244 e. The molecule has 0 unspecified atom stereocenters. The number of benzene rings is 4. The first kappa shape index (κ1) is 103. The van der Waals surface area contributed by atoms with Crippen molar-refractivity contribution in [2.75, 3.05) is 152 Å². The quantitative estimate of drug-likeness (QED) is 0.0432. The van der Waals surface area contributed by atoms with E-state index in [0.717, 1.165) is 27.6 Å². The van der Waals surface area contributed by atoms with E-state index in [1.807, 2.05) is 82.0 Å². The average molecular weight is 2000 g/mol. The summed E-state index contributed by atoms with van der Waals surface area (Å²) in [7, 11) is 2.98. The van der Waals surface area contributed by atoms with Gasteiger partial charge in [-0.15, -0.1) is 0 Å². The highest BCUT2D eigenvalue weighted by Crippen LogP contribution is 2.40. The molecule has 4 aromatic carbocycles. The molecule has 4 saturated heterocycles. The Labute approximate surface area is 822 Å². The molecule has 45 heteroatoms. The summed E-state index contributed by atoms with van der Waals surface area (Å²) in [6, 6.07) is 26.0. The predicted molar refractivity (Wildman–Crippen MR) is 529 cm³/mol. The molecule has 4 amide bonds. The number of amides is 4. The fraction of sp³-hybridized carbons (Fsp3) is 0.326. The molecule has 16 heterocycles. The van der Waals surface area contributed by atoms with Gasteiger partial charge in [-0.05, 0) is 86.6 Å². The number of hydrogen-bond acceptors (Lipinski definition) is 24. The molecule has 1 atom stereocenters. The highest BCUT2D eigenvalue weighted by molar-refractivity contribution is 6.33. The van der Waals surface area contributed by atoms with Gasteiger partial charge in [0.2, 0.25) is 23.6 Å². The van der Waals surface area contributed by atoms with Gasteiger partial charge in [0.05, 0.1) is 85.2 Å². The van der Waals surface area contributed by atoms with Gasteiger partial charge in [-0.25, -0.2) is 80.6 Å². The summed E-state index contributed by atoms with van der Waals surface area (Å²) in [5.41, 5.74) is 6.55. The van der Waals surface area contributed by atoms with E-state index in [2.05, 4.69) is 80.2 Å². The molecule has 736 valence electrons. The van der Waals surface area contributed by atoms with Crippen molar-refractivity contribution in [1.82, 2.24) is 119 Å². The lowest BCUT2D eigenvalue weighted by molar-refractivity contribution is -0.134. The number of nitrogens with one attached hydrogen (secondary N) is 4. The molecule has 0 aliphatic carbocycles. The minimum atomic E-state index is -0.673. The number of hydrogen-bond donors (Lipinski definition) is 4. The molecule has 4 fully saturated rings. The molecule has 0 spiro atoms. The lowest BCUT2D eigenvalue weighted by Gasteiger charge is -2.41. The van der Waals surface area contributed by atoms with Crippen LogP contribution in [0.25, 0.3) is 90.2 Å². The van der Waals surface area contributed by atoms with Gasteiger partial charge in [0.25, 0.3) is 0 Å². The third-order valence-electron chi connectivity index (χ3n) is 23.3. The summed E-state index contributed by atoms with van der Waals surface area (Å²) < 4.78 is 98.3. The monoisotopic (exact) mass is 2000 g/mol. The largest absolute Gasteiger partial charge is 0.495 e. The summed E-state index contributed by atoms with van der Waals surface area (Å²) >= 11 is 24.1. The van der Waals surface area contributed by atoms with E-state index in [-0.39, 0.29) is 118 Å². The molecule has 4 N–H and O–H groups in total. The van der Waals surface area contributed by atoms with Crippen LogP contribution in [0.2, 0.25) is 20.1 Å². The lowest BCUT2D eigenvalue weighted by Crippen LogP contribution is -2.55. The summed E-state index contributed by atoms with van der Waals surface area (Å²) in [6.45, 7) is 10.4. The number of methoxy groups -OCH3 is 2. The van der Waals surface area contributed by atoms with Gasteiger partial charge in [0.15, 0.2) is 45.9 Å². The molecular weight excluding hydrogens is 1900 g/mol. The summed E-state index contributed by atoms with van der Waals surface area (Å²) in [5, 5.41) is 22.4. The van der Waals surface area contributed by atoms with Crippen LogP contribution in [-0.4, -0.2) is 280 Å². The average Bonchev–Trinajstić information content (AvgIpc) is 1.64.